The van der Waals surface area contributed by atoms with Crippen molar-refractivity contribution in [3.8, 4) is 0 Å². The maximum absolute atomic E-state index is 12.1. The van der Waals surface area contributed by atoms with Crippen LogP contribution in [0.5, 0.6) is 0 Å². The second-order valence-electron chi connectivity index (χ2n) is 4.74. The van der Waals surface area contributed by atoms with E-state index >= 15 is 0 Å². The number of hydrogen-bond donors (Lipinski definition) is 0. The fourth-order valence-corrected chi connectivity index (χ4v) is 2.71. The van der Waals surface area contributed by atoms with Gasteiger partial charge in [-0.1, -0.05) is 13.3 Å². The summed E-state index contributed by atoms with van der Waals surface area (Å²) in [5, 5.41) is 0. The third-order valence-corrected chi connectivity index (χ3v) is 4.13. The van der Waals surface area contributed by atoms with Crippen LogP contribution in [-0.2, 0) is 25.1 Å². The summed E-state index contributed by atoms with van der Waals surface area (Å²) >= 11 is 0. The Morgan fingerprint density at radius 3 is 2.52 bits per heavy atom. The topological polar surface area (TPSA) is 69.7 Å². The van der Waals surface area contributed by atoms with E-state index in [0.717, 1.165) is 12.8 Å². The fraction of sp³-hybridized carbons (Fsp3) is 0.500. The van der Waals surface area contributed by atoms with E-state index in [0.29, 0.717) is 5.56 Å². The first kappa shape index (κ1) is 17.9. The quantitative estimate of drug-likeness (QED) is 0.566. The largest absolute Gasteiger partial charge is 0.459 e. The summed E-state index contributed by atoms with van der Waals surface area (Å²) < 4.78 is 33.1. The first-order valence-electron chi connectivity index (χ1n) is 6.56. The number of methoxy groups -OCH3 is 1. The SMILES string of the molecule is CCCC(C)OC(=O)c1cc(COC)cc(S(=O)(=O)Cl)c1. The Hall–Kier alpha value is -1.11. The summed E-state index contributed by atoms with van der Waals surface area (Å²) in [5.74, 6) is -0.574. The molecule has 0 fully saturated rings. The molecule has 5 nitrogen and oxygen atoms in total. The predicted molar refractivity (Wildman–Crippen MR) is 80.0 cm³/mol. The lowest BCUT2D eigenvalue weighted by Crippen LogP contribution is -2.15. The Labute approximate surface area is 129 Å². The molecule has 0 bridgehead atoms. The summed E-state index contributed by atoms with van der Waals surface area (Å²) in [7, 11) is 2.89. The Kier molecular flexibility index (Phi) is 6.64. The van der Waals surface area contributed by atoms with Crippen LogP contribution in [0.4, 0.5) is 0 Å². The monoisotopic (exact) mass is 334 g/mol. The van der Waals surface area contributed by atoms with E-state index in [1.165, 1.54) is 25.3 Å². The van der Waals surface area contributed by atoms with Gasteiger partial charge in [-0.15, -0.1) is 0 Å². The van der Waals surface area contributed by atoms with Gasteiger partial charge in [-0.2, -0.15) is 0 Å². The molecule has 0 N–H and O–H groups in total. The number of benzene rings is 1. The second-order valence-corrected chi connectivity index (χ2v) is 7.31. The van der Waals surface area contributed by atoms with E-state index in [1.807, 2.05) is 6.92 Å². The van der Waals surface area contributed by atoms with E-state index in [9.17, 15) is 13.2 Å². The molecule has 1 aromatic rings. The number of carbonyl (C=O) groups is 1. The van der Waals surface area contributed by atoms with Gasteiger partial charge in [0.15, 0.2) is 0 Å². The normalized spacial score (nSPS) is 13.0. The van der Waals surface area contributed by atoms with Crippen LogP contribution in [-0.4, -0.2) is 27.6 Å². The van der Waals surface area contributed by atoms with Gasteiger partial charge in [0.2, 0.25) is 0 Å². The molecule has 0 spiro atoms. The second kappa shape index (κ2) is 7.77. The van der Waals surface area contributed by atoms with Crippen molar-refractivity contribution < 1.29 is 22.7 Å². The Bertz CT molecular complexity index is 597. The summed E-state index contributed by atoms with van der Waals surface area (Å²) in [6.07, 6.45) is 1.40. The van der Waals surface area contributed by atoms with Crippen molar-refractivity contribution in [2.75, 3.05) is 7.11 Å². The number of halogens is 1. The number of rotatable bonds is 7. The van der Waals surface area contributed by atoms with Crippen molar-refractivity contribution in [1.29, 1.82) is 0 Å². The van der Waals surface area contributed by atoms with E-state index < -0.39 is 15.0 Å². The molecule has 0 heterocycles. The van der Waals surface area contributed by atoms with E-state index in [4.69, 9.17) is 20.2 Å². The summed E-state index contributed by atoms with van der Waals surface area (Å²) in [5.41, 5.74) is 0.682. The molecule has 0 radical (unpaired) electrons. The van der Waals surface area contributed by atoms with E-state index in [2.05, 4.69) is 0 Å². The Morgan fingerprint density at radius 1 is 1.33 bits per heavy atom. The highest BCUT2D eigenvalue weighted by atomic mass is 35.7. The van der Waals surface area contributed by atoms with Crippen molar-refractivity contribution >= 4 is 25.7 Å². The molecule has 0 aliphatic carbocycles. The smallest absolute Gasteiger partial charge is 0.338 e. The minimum Gasteiger partial charge on any atom is -0.459 e. The first-order valence-corrected chi connectivity index (χ1v) is 8.87. The van der Waals surface area contributed by atoms with Crippen molar-refractivity contribution in [2.24, 2.45) is 0 Å². The summed E-state index contributed by atoms with van der Waals surface area (Å²) in [4.78, 5) is 11.9. The van der Waals surface area contributed by atoms with Crippen LogP contribution >= 0.6 is 10.7 Å². The molecule has 118 valence electrons. The molecule has 21 heavy (non-hydrogen) atoms. The number of ether oxygens (including phenoxy) is 2. The average Bonchev–Trinajstić information content (AvgIpc) is 2.38. The molecule has 0 aliphatic rings. The average molecular weight is 335 g/mol. The molecule has 1 aromatic carbocycles. The highest BCUT2D eigenvalue weighted by Gasteiger charge is 2.18. The van der Waals surface area contributed by atoms with Gasteiger partial charge in [0, 0.05) is 17.8 Å². The first-order chi connectivity index (χ1) is 9.77. The zero-order valence-electron chi connectivity index (χ0n) is 12.3. The maximum atomic E-state index is 12.1. The minimum absolute atomic E-state index is 0.145. The van der Waals surface area contributed by atoms with Gasteiger partial charge in [-0.25, -0.2) is 13.2 Å². The van der Waals surface area contributed by atoms with Crippen molar-refractivity contribution in [1.82, 2.24) is 0 Å². The van der Waals surface area contributed by atoms with Crippen molar-refractivity contribution in [3.63, 3.8) is 0 Å². The van der Waals surface area contributed by atoms with Gasteiger partial charge in [0.25, 0.3) is 9.05 Å². The van der Waals surface area contributed by atoms with Crippen LogP contribution in [0.1, 0.15) is 42.6 Å². The zero-order chi connectivity index (χ0) is 16.0. The van der Waals surface area contributed by atoms with Gasteiger partial charge in [-0.3, -0.25) is 0 Å². The van der Waals surface area contributed by atoms with Crippen LogP contribution in [0.25, 0.3) is 0 Å². The van der Waals surface area contributed by atoms with E-state index in [-0.39, 0.29) is 23.2 Å². The highest BCUT2D eigenvalue weighted by molar-refractivity contribution is 8.13. The lowest BCUT2D eigenvalue weighted by Gasteiger charge is -2.13. The molecular weight excluding hydrogens is 316 g/mol. The van der Waals surface area contributed by atoms with Gasteiger partial charge in [0.05, 0.1) is 23.2 Å². The van der Waals surface area contributed by atoms with Crippen LogP contribution in [0.3, 0.4) is 0 Å². The molecular formula is C14H19ClO5S. The van der Waals surface area contributed by atoms with Crippen LogP contribution < -0.4 is 0 Å². The minimum atomic E-state index is -3.93. The zero-order valence-corrected chi connectivity index (χ0v) is 13.8. The third kappa shape index (κ3) is 5.65. The molecule has 0 aromatic heterocycles. The lowest BCUT2D eigenvalue weighted by atomic mass is 10.1. The Morgan fingerprint density at radius 2 is 2.00 bits per heavy atom. The summed E-state index contributed by atoms with van der Waals surface area (Å²) in [6.45, 7) is 3.95. The molecule has 1 unspecified atom stereocenters. The maximum Gasteiger partial charge on any atom is 0.338 e. The molecule has 1 rings (SSSR count). The molecule has 0 amide bonds. The van der Waals surface area contributed by atoms with Gasteiger partial charge in [-0.05, 0) is 37.1 Å². The van der Waals surface area contributed by atoms with Crippen molar-refractivity contribution in [2.45, 2.75) is 44.3 Å². The van der Waals surface area contributed by atoms with Gasteiger partial charge < -0.3 is 9.47 Å². The summed E-state index contributed by atoms with van der Waals surface area (Å²) in [6, 6.07) is 4.12. The molecule has 0 saturated heterocycles. The third-order valence-electron chi connectivity index (χ3n) is 2.80. The molecule has 7 heteroatoms. The number of carbonyl (C=O) groups excluding carboxylic acids is 1. The molecule has 1 atom stereocenters. The van der Waals surface area contributed by atoms with Crippen LogP contribution in [0, 0.1) is 0 Å². The Balaban J connectivity index is 3.10. The number of esters is 1. The molecule has 0 aliphatic heterocycles. The van der Waals surface area contributed by atoms with Gasteiger partial charge >= 0.3 is 5.97 Å². The standard InChI is InChI=1S/C14H19ClO5S/c1-4-5-10(2)20-14(16)12-6-11(9-19-3)7-13(8-12)21(15,17)18/h6-8,10H,4-5,9H2,1-3H3. The van der Waals surface area contributed by atoms with Gasteiger partial charge in [0.1, 0.15) is 0 Å². The fourth-order valence-electron chi connectivity index (χ4n) is 1.89. The molecule has 0 saturated carbocycles. The van der Waals surface area contributed by atoms with Crippen molar-refractivity contribution in [3.05, 3.63) is 29.3 Å². The van der Waals surface area contributed by atoms with Crippen LogP contribution in [0.2, 0.25) is 0 Å². The predicted octanol–water partition coefficient (Wildman–Crippen LogP) is 3.11. The highest BCUT2D eigenvalue weighted by Crippen LogP contribution is 2.21. The lowest BCUT2D eigenvalue weighted by molar-refractivity contribution is 0.0323. The number of hydrogen-bond acceptors (Lipinski definition) is 5. The van der Waals surface area contributed by atoms with E-state index in [1.54, 1.807) is 6.92 Å². The van der Waals surface area contributed by atoms with Crippen LogP contribution in [0.15, 0.2) is 23.1 Å².